The van der Waals surface area contributed by atoms with Crippen molar-refractivity contribution in [2.24, 2.45) is 10.4 Å². The van der Waals surface area contributed by atoms with Crippen molar-refractivity contribution in [3.8, 4) is 0 Å². The largest absolute Gasteiger partial charge is 0.511 e. The molecule has 0 heterocycles. The second-order valence-corrected chi connectivity index (χ2v) is 6.98. The summed E-state index contributed by atoms with van der Waals surface area (Å²) in [5, 5.41) is 10.1. The Balaban J connectivity index is 2.05. The fourth-order valence-corrected chi connectivity index (χ4v) is 2.65. The fraction of sp³-hybridized carbons (Fsp3) is 0.400. The molecule has 27 heavy (non-hydrogen) atoms. The van der Waals surface area contributed by atoms with Crippen molar-refractivity contribution in [3.63, 3.8) is 0 Å². The van der Waals surface area contributed by atoms with Crippen molar-refractivity contribution in [1.82, 2.24) is 0 Å². The maximum atomic E-state index is 12.2. The van der Waals surface area contributed by atoms with Gasteiger partial charge in [-0.2, -0.15) is 0 Å². The van der Waals surface area contributed by atoms with Crippen LogP contribution in [0.15, 0.2) is 40.6 Å². The number of aliphatic hydroxyl groups excluding tert-OH is 1. The number of hydrogen-bond acceptors (Lipinski definition) is 7. The molecule has 0 saturated carbocycles. The minimum absolute atomic E-state index is 0.0313. The minimum Gasteiger partial charge on any atom is -0.511 e. The van der Waals surface area contributed by atoms with Gasteiger partial charge in [0, 0.05) is 31.2 Å². The van der Waals surface area contributed by atoms with Crippen LogP contribution in [-0.4, -0.2) is 42.3 Å². The Morgan fingerprint density at radius 3 is 2.48 bits per heavy atom. The molecule has 144 valence electrons. The van der Waals surface area contributed by atoms with Crippen LogP contribution in [0.2, 0.25) is 0 Å². The average Bonchev–Trinajstić information content (AvgIpc) is 2.60. The monoisotopic (exact) mass is 373 g/mol. The van der Waals surface area contributed by atoms with Gasteiger partial charge in [-0.05, 0) is 36.6 Å². The predicted octanol–water partition coefficient (Wildman–Crippen LogP) is 3.31. The van der Waals surface area contributed by atoms with E-state index in [-0.39, 0.29) is 34.9 Å². The maximum Gasteiger partial charge on any atom is 0.381 e. The number of rotatable bonds is 7. The lowest BCUT2D eigenvalue weighted by molar-refractivity contribution is -0.149. The van der Waals surface area contributed by atoms with Crippen molar-refractivity contribution in [2.45, 2.75) is 33.6 Å². The zero-order valence-electron chi connectivity index (χ0n) is 15.7. The van der Waals surface area contributed by atoms with Gasteiger partial charge in [0.05, 0.1) is 11.3 Å². The number of allylic oxidation sites excluding steroid dienone is 2. The van der Waals surface area contributed by atoms with Crippen molar-refractivity contribution >= 4 is 29.4 Å². The Morgan fingerprint density at radius 1 is 1.22 bits per heavy atom. The molecule has 0 radical (unpaired) electrons. The standard InChI is InChI=1S/C20H23NO6/c1-4-26-12-27-19(25)18(24)13-5-7-14(8-6-13)21-11-15-16(22)9-20(2,3)10-17(15)23/h5-8,11,22H,4,9-10,12H2,1-3H3. The predicted molar refractivity (Wildman–Crippen MR) is 99.2 cm³/mol. The summed E-state index contributed by atoms with van der Waals surface area (Å²) >= 11 is 0. The lowest BCUT2D eigenvalue weighted by Gasteiger charge is -2.28. The molecule has 0 atom stereocenters. The molecule has 1 aliphatic rings. The number of esters is 1. The van der Waals surface area contributed by atoms with Crippen molar-refractivity contribution < 1.29 is 29.0 Å². The van der Waals surface area contributed by atoms with E-state index in [0.717, 1.165) is 0 Å². The first-order valence-corrected chi connectivity index (χ1v) is 8.62. The maximum absolute atomic E-state index is 12.2. The van der Waals surface area contributed by atoms with Crippen LogP contribution in [0.1, 0.15) is 44.0 Å². The zero-order valence-corrected chi connectivity index (χ0v) is 15.7. The van der Waals surface area contributed by atoms with E-state index in [1.807, 2.05) is 13.8 Å². The van der Waals surface area contributed by atoms with Gasteiger partial charge in [-0.1, -0.05) is 13.8 Å². The highest BCUT2D eigenvalue weighted by Gasteiger charge is 2.32. The van der Waals surface area contributed by atoms with Crippen LogP contribution < -0.4 is 0 Å². The molecule has 0 spiro atoms. The van der Waals surface area contributed by atoms with E-state index in [1.54, 1.807) is 6.92 Å². The van der Waals surface area contributed by atoms with Gasteiger partial charge in [-0.25, -0.2) is 4.79 Å². The normalized spacial score (nSPS) is 16.6. The number of carbonyl (C=O) groups is 3. The summed E-state index contributed by atoms with van der Waals surface area (Å²) in [6.07, 6.45) is 2.09. The summed E-state index contributed by atoms with van der Waals surface area (Å²) in [7, 11) is 0. The van der Waals surface area contributed by atoms with E-state index >= 15 is 0 Å². The van der Waals surface area contributed by atoms with Gasteiger partial charge in [0.15, 0.2) is 12.6 Å². The van der Waals surface area contributed by atoms with Gasteiger partial charge in [-0.3, -0.25) is 14.6 Å². The zero-order chi connectivity index (χ0) is 20.0. The van der Waals surface area contributed by atoms with Gasteiger partial charge in [0.1, 0.15) is 5.76 Å². The van der Waals surface area contributed by atoms with Crippen LogP contribution in [0, 0.1) is 5.41 Å². The molecule has 7 heteroatoms. The third-order valence-electron chi connectivity index (χ3n) is 4.03. The van der Waals surface area contributed by atoms with Gasteiger partial charge < -0.3 is 14.6 Å². The minimum atomic E-state index is -0.995. The van der Waals surface area contributed by atoms with Gasteiger partial charge in [0.25, 0.3) is 5.78 Å². The number of benzene rings is 1. The third kappa shape index (κ3) is 5.59. The number of ether oxygens (including phenoxy) is 2. The van der Waals surface area contributed by atoms with Crippen molar-refractivity contribution in [1.29, 1.82) is 0 Å². The van der Waals surface area contributed by atoms with Crippen LogP contribution in [0.25, 0.3) is 0 Å². The van der Waals surface area contributed by atoms with E-state index in [4.69, 9.17) is 4.74 Å². The lowest BCUT2D eigenvalue weighted by Crippen LogP contribution is -2.26. The van der Waals surface area contributed by atoms with Crippen LogP contribution in [0.4, 0.5) is 5.69 Å². The fourth-order valence-electron chi connectivity index (χ4n) is 2.65. The molecule has 0 fully saturated rings. The number of aliphatic imine (C=N–C) groups is 1. The Labute approximate surface area is 157 Å². The first-order chi connectivity index (χ1) is 12.7. The number of nitrogens with zero attached hydrogens (tertiary/aromatic N) is 1. The van der Waals surface area contributed by atoms with E-state index in [2.05, 4.69) is 9.73 Å². The van der Waals surface area contributed by atoms with Crippen LogP contribution in [-0.2, 0) is 19.1 Å². The van der Waals surface area contributed by atoms with E-state index in [1.165, 1.54) is 30.5 Å². The molecule has 0 aliphatic heterocycles. The molecule has 0 saturated heterocycles. The average molecular weight is 373 g/mol. The lowest BCUT2D eigenvalue weighted by atomic mass is 9.77. The van der Waals surface area contributed by atoms with Crippen molar-refractivity contribution in [3.05, 3.63) is 41.2 Å². The Kier molecular flexibility index (Phi) is 6.63. The summed E-state index contributed by atoms with van der Waals surface area (Å²) in [5.41, 5.74) is 0.575. The first-order valence-electron chi connectivity index (χ1n) is 8.62. The molecule has 0 bridgehead atoms. The summed E-state index contributed by atoms with van der Waals surface area (Å²) in [6, 6.07) is 5.96. The molecule has 7 nitrogen and oxygen atoms in total. The highest BCUT2D eigenvalue weighted by atomic mass is 16.7. The summed E-state index contributed by atoms with van der Waals surface area (Å²) < 4.78 is 9.55. The molecular formula is C20H23NO6. The summed E-state index contributed by atoms with van der Waals surface area (Å²) in [6.45, 7) is 5.69. The molecular weight excluding hydrogens is 350 g/mol. The molecule has 1 N–H and O–H groups in total. The number of hydrogen-bond donors (Lipinski definition) is 1. The molecule has 0 aromatic heterocycles. The Bertz CT molecular complexity index is 789. The number of carbonyl (C=O) groups excluding carboxylic acids is 3. The van der Waals surface area contributed by atoms with Gasteiger partial charge in [-0.15, -0.1) is 0 Å². The molecule has 0 amide bonds. The smallest absolute Gasteiger partial charge is 0.381 e. The molecule has 1 aliphatic carbocycles. The first kappa shape index (κ1) is 20.5. The second kappa shape index (κ2) is 8.73. The van der Waals surface area contributed by atoms with Crippen LogP contribution >= 0.6 is 0 Å². The number of aliphatic hydroxyl groups is 1. The number of Topliss-reactive ketones (excluding diaryl/α,β-unsaturated/α-hetero) is 2. The van der Waals surface area contributed by atoms with Crippen LogP contribution in [0.5, 0.6) is 0 Å². The Morgan fingerprint density at radius 2 is 1.89 bits per heavy atom. The Hall–Kier alpha value is -2.80. The second-order valence-electron chi connectivity index (χ2n) is 6.98. The quantitative estimate of drug-likeness (QED) is 0.196. The molecule has 0 unspecified atom stereocenters. The third-order valence-corrected chi connectivity index (χ3v) is 4.03. The summed E-state index contributed by atoms with van der Waals surface area (Å²) in [5.74, 6) is -1.90. The summed E-state index contributed by atoms with van der Waals surface area (Å²) in [4.78, 5) is 39.9. The van der Waals surface area contributed by atoms with E-state index in [0.29, 0.717) is 25.1 Å². The van der Waals surface area contributed by atoms with Gasteiger partial charge >= 0.3 is 5.97 Å². The highest BCUT2D eigenvalue weighted by Crippen LogP contribution is 2.35. The van der Waals surface area contributed by atoms with Crippen molar-refractivity contribution in [2.75, 3.05) is 13.4 Å². The van der Waals surface area contributed by atoms with Gasteiger partial charge in [0.2, 0.25) is 0 Å². The van der Waals surface area contributed by atoms with E-state index in [9.17, 15) is 19.5 Å². The highest BCUT2D eigenvalue weighted by molar-refractivity contribution is 6.40. The topological polar surface area (TPSA) is 102 Å². The van der Waals surface area contributed by atoms with E-state index < -0.39 is 11.8 Å². The SMILES string of the molecule is CCOCOC(=O)C(=O)c1ccc(N=CC2=C(O)CC(C)(C)CC2=O)cc1. The molecule has 1 aromatic carbocycles. The molecule has 1 aromatic rings. The molecule has 2 rings (SSSR count). The number of ketones is 2. The van der Waals surface area contributed by atoms with Crippen LogP contribution in [0.3, 0.4) is 0 Å².